The Balaban J connectivity index is 2.13. The molecule has 13 heavy (non-hydrogen) atoms. The van der Waals surface area contributed by atoms with Crippen LogP contribution in [0.25, 0.3) is 0 Å². The van der Waals surface area contributed by atoms with Crippen LogP contribution >= 0.6 is 0 Å². The van der Waals surface area contributed by atoms with Gasteiger partial charge < -0.3 is 4.74 Å². The van der Waals surface area contributed by atoms with E-state index in [1.165, 1.54) is 45.6 Å². The fraction of sp³-hybridized carbons (Fsp3) is 0.909. The predicted octanol–water partition coefficient (Wildman–Crippen LogP) is 2.52. The van der Waals surface area contributed by atoms with E-state index in [2.05, 4.69) is 0 Å². The number of rotatable bonds is 1. The number of carbonyl (C=O) groups is 1. The van der Waals surface area contributed by atoms with Crippen molar-refractivity contribution in [2.45, 2.75) is 44.9 Å². The van der Waals surface area contributed by atoms with Gasteiger partial charge >= 0.3 is 5.97 Å². The second kappa shape index (κ2) is 3.32. The van der Waals surface area contributed by atoms with Gasteiger partial charge in [-0.3, -0.25) is 4.79 Å². The van der Waals surface area contributed by atoms with Gasteiger partial charge in [-0.05, 0) is 31.1 Å². The first kappa shape index (κ1) is 9.04. The van der Waals surface area contributed by atoms with E-state index in [9.17, 15) is 4.79 Å². The lowest BCUT2D eigenvalue weighted by Gasteiger charge is -2.28. The molecule has 1 unspecified atom stereocenters. The third kappa shape index (κ3) is 1.36. The van der Waals surface area contributed by atoms with Crippen LogP contribution in [-0.2, 0) is 9.53 Å². The average molecular weight is 182 g/mol. The minimum atomic E-state index is 0.0411. The zero-order valence-electron chi connectivity index (χ0n) is 8.34. The van der Waals surface area contributed by atoms with E-state index in [1.807, 2.05) is 0 Å². The largest absolute Gasteiger partial charge is 0.469 e. The number of ether oxygens (including phenoxy) is 1. The Morgan fingerprint density at radius 3 is 2.46 bits per heavy atom. The van der Waals surface area contributed by atoms with E-state index < -0.39 is 0 Å². The van der Waals surface area contributed by atoms with Crippen LogP contribution in [0.1, 0.15) is 44.9 Å². The number of esters is 1. The van der Waals surface area contributed by atoms with Crippen molar-refractivity contribution in [2.24, 2.45) is 11.3 Å². The molecule has 2 fully saturated rings. The highest BCUT2D eigenvalue weighted by Crippen LogP contribution is 2.54. The average Bonchev–Trinajstić information content (AvgIpc) is 2.76. The molecule has 0 N–H and O–H groups in total. The van der Waals surface area contributed by atoms with Gasteiger partial charge in [-0.15, -0.1) is 0 Å². The maximum atomic E-state index is 11.6. The summed E-state index contributed by atoms with van der Waals surface area (Å²) in [4.78, 5) is 11.6. The van der Waals surface area contributed by atoms with Crippen molar-refractivity contribution < 1.29 is 9.53 Å². The molecule has 2 saturated carbocycles. The van der Waals surface area contributed by atoms with Gasteiger partial charge in [0.25, 0.3) is 0 Å². The normalized spacial score (nSPS) is 31.0. The molecule has 2 aliphatic rings. The van der Waals surface area contributed by atoms with E-state index in [-0.39, 0.29) is 11.9 Å². The summed E-state index contributed by atoms with van der Waals surface area (Å²) in [6, 6.07) is 0. The quantitative estimate of drug-likeness (QED) is 0.582. The highest BCUT2D eigenvalue weighted by Gasteiger charge is 2.48. The number of hydrogen-bond acceptors (Lipinski definition) is 2. The Bertz CT molecular complexity index is 199. The van der Waals surface area contributed by atoms with Crippen LogP contribution < -0.4 is 0 Å². The second-order valence-corrected chi connectivity index (χ2v) is 4.54. The Kier molecular flexibility index (Phi) is 2.31. The zero-order chi connectivity index (χ0) is 9.31. The van der Waals surface area contributed by atoms with E-state index in [1.54, 1.807) is 0 Å². The molecule has 0 saturated heterocycles. The molecule has 0 aromatic rings. The molecule has 2 nitrogen and oxygen atoms in total. The summed E-state index contributed by atoms with van der Waals surface area (Å²) < 4.78 is 4.88. The third-order valence-corrected chi connectivity index (χ3v) is 3.99. The monoisotopic (exact) mass is 182 g/mol. The summed E-state index contributed by atoms with van der Waals surface area (Å²) in [7, 11) is 1.52. The summed E-state index contributed by atoms with van der Waals surface area (Å²) in [6.07, 6.45) is 8.68. The third-order valence-electron chi connectivity index (χ3n) is 3.99. The SMILES string of the molecule is COC(=O)C1CCCC12CCCC2. The van der Waals surface area contributed by atoms with Crippen molar-refractivity contribution in [3.63, 3.8) is 0 Å². The van der Waals surface area contributed by atoms with E-state index in [0.29, 0.717) is 5.41 Å². The number of methoxy groups -OCH3 is 1. The lowest BCUT2D eigenvalue weighted by Crippen LogP contribution is -2.29. The lowest BCUT2D eigenvalue weighted by molar-refractivity contribution is -0.149. The summed E-state index contributed by atoms with van der Waals surface area (Å²) >= 11 is 0. The van der Waals surface area contributed by atoms with Crippen molar-refractivity contribution in [1.29, 1.82) is 0 Å². The van der Waals surface area contributed by atoms with Crippen molar-refractivity contribution in [3.05, 3.63) is 0 Å². The molecule has 2 rings (SSSR count). The van der Waals surface area contributed by atoms with Crippen LogP contribution in [0.5, 0.6) is 0 Å². The molecule has 0 aliphatic heterocycles. The van der Waals surface area contributed by atoms with Crippen molar-refractivity contribution in [2.75, 3.05) is 7.11 Å². The Hall–Kier alpha value is -0.530. The standard InChI is InChI=1S/C11H18O2/c1-13-10(12)9-5-4-8-11(9)6-2-3-7-11/h9H,2-8H2,1H3. The molecule has 0 radical (unpaired) electrons. The summed E-state index contributed by atoms with van der Waals surface area (Å²) in [6.45, 7) is 0. The van der Waals surface area contributed by atoms with Crippen LogP contribution in [0, 0.1) is 11.3 Å². The van der Waals surface area contributed by atoms with Crippen LogP contribution in [0.15, 0.2) is 0 Å². The molecule has 0 aromatic heterocycles. The molecule has 2 aliphatic carbocycles. The van der Waals surface area contributed by atoms with Gasteiger partial charge in [-0.1, -0.05) is 19.3 Å². The number of carbonyl (C=O) groups excluding carboxylic acids is 1. The van der Waals surface area contributed by atoms with Gasteiger partial charge in [0.15, 0.2) is 0 Å². The molecule has 0 heterocycles. The fourth-order valence-electron chi connectivity index (χ4n) is 3.33. The predicted molar refractivity (Wildman–Crippen MR) is 50.3 cm³/mol. The molecule has 0 bridgehead atoms. The smallest absolute Gasteiger partial charge is 0.309 e. The van der Waals surface area contributed by atoms with Gasteiger partial charge in [-0.2, -0.15) is 0 Å². The van der Waals surface area contributed by atoms with Crippen LogP contribution in [0.2, 0.25) is 0 Å². The van der Waals surface area contributed by atoms with E-state index >= 15 is 0 Å². The molecule has 0 aromatic carbocycles. The molecule has 74 valence electrons. The van der Waals surface area contributed by atoms with Gasteiger partial charge in [0.05, 0.1) is 13.0 Å². The highest BCUT2D eigenvalue weighted by atomic mass is 16.5. The van der Waals surface area contributed by atoms with Gasteiger partial charge in [0, 0.05) is 0 Å². The molecule has 1 atom stereocenters. The van der Waals surface area contributed by atoms with Crippen molar-refractivity contribution in [3.8, 4) is 0 Å². The molecular weight excluding hydrogens is 164 g/mol. The molecule has 0 amide bonds. The Morgan fingerprint density at radius 1 is 1.23 bits per heavy atom. The first-order valence-corrected chi connectivity index (χ1v) is 5.36. The Morgan fingerprint density at radius 2 is 1.85 bits per heavy atom. The molecule has 1 spiro atoms. The minimum Gasteiger partial charge on any atom is -0.469 e. The fourth-order valence-corrected chi connectivity index (χ4v) is 3.33. The van der Waals surface area contributed by atoms with Gasteiger partial charge in [0.1, 0.15) is 0 Å². The summed E-state index contributed by atoms with van der Waals surface area (Å²) in [5.41, 5.74) is 0.354. The maximum Gasteiger partial charge on any atom is 0.309 e. The first-order valence-electron chi connectivity index (χ1n) is 5.36. The van der Waals surface area contributed by atoms with Gasteiger partial charge in [0.2, 0.25) is 0 Å². The van der Waals surface area contributed by atoms with Gasteiger partial charge in [-0.25, -0.2) is 0 Å². The summed E-state index contributed by atoms with van der Waals surface area (Å²) in [5.74, 6) is 0.263. The second-order valence-electron chi connectivity index (χ2n) is 4.54. The number of hydrogen-bond donors (Lipinski definition) is 0. The van der Waals surface area contributed by atoms with Crippen LogP contribution in [0.3, 0.4) is 0 Å². The highest BCUT2D eigenvalue weighted by molar-refractivity contribution is 5.73. The molecule has 2 heteroatoms. The van der Waals surface area contributed by atoms with Crippen LogP contribution in [0.4, 0.5) is 0 Å². The zero-order valence-corrected chi connectivity index (χ0v) is 8.34. The first-order chi connectivity index (χ1) is 6.28. The maximum absolute atomic E-state index is 11.6. The van der Waals surface area contributed by atoms with E-state index in [0.717, 1.165) is 6.42 Å². The minimum absolute atomic E-state index is 0.0411. The van der Waals surface area contributed by atoms with E-state index in [4.69, 9.17) is 4.74 Å². The van der Waals surface area contributed by atoms with Crippen molar-refractivity contribution in [1.82, 2.24) is 0 Å². The summed E-state index contributed by atoms with van der Waals surface area (Å²) in [5, 5.41) is 0. The lowest BCUT2D eigenvalue weighted by atomic mass is 9.76. The van der Waals surface area contributed by atoms with Crippen LogP contribution in [-0.4, -0.2) is 13.1 Å². The molecular formula is C11H18O2. The van der Waals surface area contributed by atoms with Crippen molar-refractivity contribution >= 4 is 5.97 Å². The Labute approximate surface area is 79.7 Å². The topological polar surface area (TPSA) is 26.3 Å².